The zero-order valence-electron chi connectivity index (χ0n) is 14.1. The third-order valence-corrected chi connectivity index (χ3v) is 4.79. The van der Waals surface area contributed by atoms with Gasteiger partial charge in [-0.25, -0.2) is 0 Å². The minimum Gasteiger partial charge on any atom is -0.375 e. The molecule has 0 bridgehead atoms. The van der Waals surface area contributed by atoms with E-state index in [9.17, 15) is 4.79 Å². The molecule has 0 heterocycles. The van der Waals surface area contributed by atoms with E-state index >= 15 is 0 Å². The summed E-state index contributed by atoms with van der Waals surface area (Å²) in [4.78, 5) is 11.1. The molecule has 2 atom stereocenters. The summed E-state index contributed by atoms with van der Waals surface area (Å²) in [6, 6.07) is 8.84. The Balaban J connectivity index is 1.87. The van der Waals surface area contributed by atoms with E-state index in [1.165, 1.54) is 0 Å². The Bertz CT molecular complexity index is 498. The molecule has 1 aromatic carbocycles. The van der Waals surface area contributed by atoms with Gasteiger partial charge in [0.1, 0.15) is 0 Å². The van der Waals surface area contributed by atoms with Gasteiger partial charge in [0.05, 0.1) is 6.10 Å². The van der Waals surface area contributed by atoms with Crippen molar-refractivity contribution in [3.05, 3.63) is 34.9 Å². The molecule has 0 spiro atoms. The highest BCUT2D eigenvalue weighted by Crippen LogP contribution is 2.25. The first-order valence-electron chi connectivity index (χ1n) is 8.31. The molecular weight excluding hydrogens is 312 g/mol. The maximum absolute atomic E-state index is 11.1. The Morgan fingerprint density at radius 1 is 1.17 bits per heavy atom. The van der Waals surface area contributed by atoms with Crippen LogP contribution in [0.1, 0.15) is 51.2 Å². The van der Waals surface area contributed by atoms with E-state index in [1.807, 2.05) is 24.3 Å². The van der Waals surface area contributed by atoms with Crippen molar-refractivity contribution in [2.24, 2.45) is 0 Å². The number of hydrogen-bond donors (Lipinski definition) is 2. The van der Waals surface area contributed by atoms with Crippen LogP contribution in [0, 0.1) is 0 Å². The molecule has 1 aliphatic carbocycles. The zero-order valence-corrected chi connectivity index (χ0v) is 14.9. The van der Waals surface area contributed by atoms with E-state index in [0.717, 1.165) is 36.3 Å². The van der Waals surface area contributed by atoms with Gasteiger partial charge >= 0.3 is 0 Å². The largest absolute Gasteiger partial charge is 0.375 e. The smallest absolute Gasteiger partial charge is 0.217 e. The van der Waals surface area contributed by atoms with E-state index in [2.05, 4.69) is 17.6 Å². The molecule has 0 radical (unpaired) electrons. The van der Waals surface area contributed by atoms with Crippen molar-refractivity contribution in [2.45, 2.75) is 63.8 Å². The van der Waals surface area contributed by atoms with Crippen LogP contribution in [0.15, 0.2) is 24.3 Å². The van der Waals surface area contributed by atoms with Crippen molar-refractivity contribution in [2.75, 3.05) is 7.11 Å². The minimum absolute atomic E-state index is 0.000310. The highest BCUT2D eigenvalue weighted by Gasteiger charge is 2.26. The number of benzene rings is 1. The summed E-state index contributed by atoms with van der Waals surface area (Å²) in [7, 11) is 1.74. The molecule has 5 heteroatoms. The number of amides is 1. The molecule has 2 rings (SSSR count). The number of ether oxygens (including phenoxy) is 1. The molecule has 2 N–H and O–H groups in total. The maximum Gasteiger partial charge on any atom is 0.217 e. The molecule has 0 unspecified atom stereocenters. The zero-order chi connectivity index (χ0) is 16.8. The van der Waals surface area contributed by atoms with E-state index in [4.69, 9.17) is 16.3 Å². The first kappa shape index (κ1) is 18.2. The summed E-state index contributed by atoms with van der Waals surface area (Å²) in [5.41, 5.74) is 1.13. The quantitative estimate of drug-likeness (QED) is 0.835. The number of halogens is 1. The average Bonchev–Trinajstić information content (AvgIpc) is 2.51. The highest BCUT2D eigenvalue weighted by molar-refractivity contribution is 6.30. The normalized spacial score (nSPS) is 24.0. The molecule has 4 nitrogen and oxygen atoms in total. The monoisotopic (exact) mass is 338 g/mol. The lowest BCUT2D eigenvalue weighted by Gasteiger charge is -2.33. The highest BCUT2D eigenvalue weighted by atomic mass is 35.5. The van der Waals surface area contributed by atoms with Gasteiger partial charge in [0.15, 0.2) is 0 Å². The Labute approximate surface area is 143 Å². The van der Waals surface area contributed by atoms with Gasteiger partial charge in [0.2, 0.25) is 5.91 Å². The van der Waals surface area contributed by atoms with Crippen LogP contribution < -0.4 is 10.6 Å². The standard InChI is InChI=1S/C18H27ClN2O2/c1-12(18(23-3)14-4-6-15(19)7-5-14)20-16-8-10-17(11-9-16)21-13(2)22/h4-7,12,16-18,20H,8-11H2,1-3H3,(H,21,22)/t12-,16?,17?,18+/m1/s1. The summed E-state index contributed by atoms with van der Waals surface area (Å²) in [6.45, 7) is 3.74. The number of hydrogen-bond acceptors (Lipinski definition) is 3. The fraction of sp³-hybridized carbons (Fsp3) is 0.611. The lowest BCUT2D eigenvalue weighted by Crippen LogP contribution is -2.45. The second-order valence-corrected chi connectivity index (χ2v) is 6.85. The second-order valence-electron chi connectivity index (χ2n) is 6.41. The minimum atomic E-state index is 0.000310. The Kier molecular flexibility index (Phi) is 6.88. The van der Waals surface area contributed by atoms with Crippen LogP contribution in [0.5, 0.6) is 0 Å². The first-order chi connectivity index (χ1) is 11.0. The van der Waals surface area contributed by atoms with Crippen LogP contribution in [-0.2, 0) is 9.53 Å². The van der Waals surface area contributed by atoms with Gasteiger partial charge in [-0.15, -0.1) is 0 Å². The lowest BCUT2D eigenvalue weighted by molar-refractivity contribution is -0.119. The summed E-state index contributed by atoms with van der Waals surface area (Å²) in [5.74, 6) is 0.0666. The van der Waals surface area contributed by atoms with Crippen molar-refractivity contribution >= 4 is 17.5 Å². The fourth-order valence-electron chi connectivity index (χ4n) is 3.43. The summed E-state index contributed by atoms with van der Waals surface area (Å²) in [6.07, 6.45) is 4.21. The molecule has 1 amide bonds. The number of carbonyl (C=O) groups excluding carboxylic acids is 1. The molecule has 1 saturated carbocycles. The predicted molar refractivity (Wildman–Crippen MR) is 93.7 cm³/mol. The van der Waals surface area contributed by atoms with Crippen molar-refractivity contribution in [1.82, 2.24) is 10.6 Å². The molecule has 0 saturated heterocycles. The van der Waals surface area contributed by atoms with Gasteiger partial charge in [0, 0.05) is 37.2 Å². The van der Waals surface area contributed by atoms with Gasteiger partial charge in [-0.05, 0) is 50.3 Å². The average molecular weight is 339 g/mol. The third-order valence-electron chi connectivity index (χ3n) is 4.54. The summed E-state index contributed by atoms with van der Waals surface area (Å²) in [5, 5.41) is 7.44. The SMILES string of the molecule is CO[C@H](c1ccc(Cl)cc1)[C@@H](C)NC1CCC(NC(C)=O)CC1. The maximum atomic E-state index is 11.1. The summed E-state index contributed by atoms with van der Waals surface area (Å²) < 4.78 is 5.69. The van der Waals surface area contributed by atoms with E-state index in [0.29, 0.717) is 12.1 Å². The van der Waals surface area contributed by atoms with Gasteiger partial charge in [-0.3, -0.25) is 4.79 Å². The van der Waals surface area contributed by atoms with Gasteiger partial charge in [-0.2, -0.15) is 0 Å². The van der Waals surface area contributed by atoms with Crippen LogP contribution in [0.25, 0.3) is 0 Å². The lowest BCUT2D eigenvalue weighted by atomic mass is 9.90. The van der Waals surface area contributed by atoms with Crippen molar-refractivity contribution < 1.29 is 9.53 Å². The van der Waals surface area contributed by atoms with E-state index in [-0.39, 0.29) is 18.1 Å². The van der Waals surface area contributed by atoms with E-state index < -0.39 is 0 Å². The molecule has 128 valence electrons. The fourth-order valence-corrected chi connectivity index (χ4v) is 3.56. The first-order valence-corrected chi connectivity index (χ1v) is 8.68. The van der Waals surface area contributed by atoms with E-state index in [1.54, 1.807) is 14.0 Å². The third kappa shape index (κ3) is 5.48. The number of nitrogens with one attached hydrogen (secondary N) is 2. The Morgan fingerprint density at radius 2 is 1.74 bits per heavy atom. The van der Waals surface area contributed by atoms with Gasteiger partial charge < -0.3 is 15.4 Å². The van der Waals surface area contributed by atoms with Gasteiger partial charge in [0.25, 0.3) is 0 Å². The van der Waals surface area contributed by atoms with Crippen molar-refractivity contribution in [3.8, 4) is 0 Å². The van der Waals surface area contributed by atoms with Crippen molar-refractivity contribution in [1.29, 1.82) is 0 Å². The van der Waals surface area contributed by atoms with Crippen LogP contribution in [0.3, 0.4) is 0 Å². The Hall–Kier alpha value is -1.10. The van der Waals surface area contributed by atoms with Crippen molar-refractivity contribution in [3.63, 3.8) is 0 Å². The number of methoxy groups -OCH3 is 1. The molecule has 23 heavy (non-hydrogen) atoms. The number of rotatable bonds is 6. The molecule has 1 fully saturated rings. The predicted octanol–water partition coefficient (Wildman–Crippen LogP) is 3.45. The van der Waals surface area contributed by atoms with Gasteiger partial charge in [-0.1, -0.05) is 23.7 Å². The van der Waals surface area contributed by atoms with Crippen LogP contribution in [-0.4, -0.2) is 31.1 Å². The molecule has 1 aromatic rings. The molecule has 1 aliphatic rings. The second kappa shape index (κ2) is 8.67. The van der Waals surface area contributed by atoms with Crippen LogP contribution >= 0.6 is 11.6 Å². The number of carbonyl (C=O) groups is 1. The molecular formula is C18H27ClN2O2. The van der Waals surface area contributed by atoms with Crippen LogP contribution in [0.2, 0.25) is 5.02 Å². The molecule has 0 aliphatic heterocycles. The summed E-state index contributed by atoms with van der Waals surface area (Å²) >= 11 is 5.96. The molecule has 0 aromatic heterocycles. The topological polar surface area (TPSA) is 50.4 Å². The van der Waals surface area contributed by atoms with Crippen LogP contribution in [0.4, 0.5) is 0 Å². The Morgan fingerprint density at radius 3 is 2.26 bits per heavy atom.